The van der Waals surface area contributed by atoms with Crippen LogP contribution in [0.4, 0.5) is 34.5 Å². The summed E-state index contributed by atoms with van der Waals surface area (Å²) in [6.45, 7) is 0. The van der Waals surface area contributed by atoms with E-state index >= 15 is 0 Å². The second-order valence-electron chi connectivity index (χ2n) is 6.61. The van der Waals surface area contributed by atoms with Crippen molar-refractivity contribution in [1.82, 2.24) is 15.5 Å². The Bertz CT molecular complexity index is 1020. The molecule has 0 saturated heterocycles. The van der Waals surface area contributed by atoms with Gasteiger partial charge in [-0.15, -0.1) is 5.53 Å². The second kappa shape index (κ2) is 6.71. The molecule has 0 spiro atoms. The number of anilines is 6. The average Bonchev–Trinajstić information content (AvgIpc) is 3.32. The summed E-state index contributed by atoms with van der Waals surface area (Å²) in [7, 11) is 0. The molecule has 0 saturated carbocycles. The van der Waals surface area contributed by atoms with Crippen LogP contribution >= 0.6 is 15.9 Å². The molecule has 1 aliphatic carbocycles. The third-order valence-corrected chi connectivity index (χ3v) is 5.36. The highest BCUT2D eigenvalue weighted by atomic mass is 79.9. The Morgan fingerprint density at radius 1 is 0.889 bits per heavy atom. The van der Waals surface area contributed by atoms with Gasteiger partial charge in [-0.3, -0.25) is 0 Å². The molecule has 3 aromatic rings. The SMILES string of the molecule is Brc1cnc(Nc2ccc3c(c2)NNN3)nc1Nc1ccc2c(c1)CCC2. The molecule has 2 heterocycles. The molecule has 0 amide bonds. The molecule has 5 N–H and O–H groups in total. The topological polar surface area (TPSA) is 85.9 Å². The maximum Gasteiger partial charge on any atom is 0.229 e. The highest BCUT2D eigenvalue weighted by molar-refractivity contribution is 9.10. The lowest BCUT2D eigenvalue weighted by Crippen LogP contribution is -2.19. The van der Waals surface area contributed by atoms with Gasteiger partial charge in [0.05, 0.1) is 15.8 Å². The van der Waals surface area contributed by atoms with Crippen LogP contribution in [-0.2, 0) is 12.8 Å². The quantitative estimate of drug-likeness (QED) is 0.423. The molecule has 27 heavy (non-hydrogen) atoms. The fourth-order valence-corrected chi connectivity index (χ4v) is 3.72. The van der Waals surface area contributed by atoms with Gasteiger partial charge in [0, 0.05) is 17.6 Å². The van der Waals surface area contributed by atoms with E-state index in [1.54, 1.807) is 6.20 Å². The number of aromatic nitrogens is 2. The van der Waals surface area contributed by atoms with E-state index < -0.39 is 0 Å². The molecule has 1 aromatic heterocycles. The van der Waals surface area contributed by atoms with E-state index in [2.05, 4.69) is 71.1 Å². The molecule has 136 valence electrons. The number of halogens is 1. The molecule has 0 fully saturated rings. The van der Waals surface area contributed by atoms with Gasteiger partial charge in [-0.1, -0.05) is 6.07 Å². The van der Waals surface area contributed by atoms with Crippen LogP contribution in [0.25, 0.3) is 0 Å². The third-order valence-electron chi connectivity index (χ3n) is 4.78. The Kier molecular flexibility index (Phi) is 4.06. The molecular formula is C19H18BrN7. The maximum absolute atomic E-state index is 4.62. The van der Waals surface area contributed by atoms with E-state index in [9.17, 15) is 0 Å². The molecule has 0 bridgehead atoms. The normalized spacial score (nSPS) is 14.1. The number of nitrogens with zero attached hydrogens (tertiary/aromatic N) is 2. The first-order valence-electron chi connectivity index (χ1n) is 8.84. The van der Waals surface area contributed by atoms with Crippen LogP contribution in [0.2, 0.25) is 0 Å². The second-order valence-corrected chi connectivity index (χ2v) is 7.47. The predicted octanol–water partition coefficient (Wildman–Crippen LogP) is 4.47. The van der Waals surface area contributed by atoms with Gasteiger partial charge in [0.15, 0.2) is 0 Å². The van der Waals surface area contributed by atoms with E-state index in [1.807, 2.05) is 18.2 Å². The van der Waals surface area contributed by atoms with Gasteiger partial charge in [0.1, 0.15) is 5.82 Å². The maximum atomic E-state index is 4.62. The first-order chi connectivity index (χ1) is 13.2. The smallest absolute Gasteiger partial charge is 0.229 e. The number of hydrogen-bond donors (Lipinski definition) is 5. The number of hydrogen-bond acceptors (Lipinski definition) is 7. The summed E-state index contributed by atoms with van der Waals surface area (Å²) in [6.07, 6.45) is 5.32. The lowest BCUT2D eigenvalue weighted by atomic mass is 10.1. The minimum Gasteiger partial charge on any atom is -0.339 e. The van der Waals surface area contributed by atoms with Crippen molar-refractivity contribution in [2.75, 3.05) is 21.5 Å². The monoisotopic (exact) mass is 423 g/mol. The van der Waals surface area contributed by atoms with Crippen LogP contribution in [0.5, 0.6) is 0 Å². The summed E-state index contributed by atoms with van der Waals surface area (Å²) in [5.41, 5.74) is 15.7. The number of nitrogens with one attached hydrogen (secondary N) is 5. The number of rotatable bonds is 4. The van der Waals surface area contributed by atoms with Gasteiger partial charge in [0.25, 0.3) is 0 Å². The molecule has 8 heteroatoms. The molecular weight excluding hydrogens is 406 g/mol. The molecule has 7 nitrogen and oxygen atoms in total. The molecule has 0 atom stereocenters. The molecule has 0 radical (unpaired) electrons. The number of aryl methyl sites for hydroxylation is 2. The van der Waals surface area contributed by atoms with Crippen LogP contribution in [-0.4, -0.2) is 9.97 Å². The number of benzene rings is 2. The Hall–Kier alpha value is -2.84. The van der Waals surface area contributed by atoms with Crippen LogP contribution in [0, 0.1) is 0 Å². The van der Waals surface area contributed by atoms with E-state index in [0.29, 0.717) is 5.95 Å². The predicted molar refractivity (Wildman–Crippen MR) is 112 cm³/mol. The van der Waals surface area contributed by atoms with Gasteiger partial charge in [-0.05, 0) is 76.7 Å². The third kappa shape index (κ3) is 3.29. The van der Waals surface area contributed by atoms with Gasteiger partial charge >= 0.3 is 0 Å². The summed E-state index contributed by atoms with van der Waals surface area (Å²) in [4.78, 5) is 8.98. The first-order valence-corrected chi connectivity index (χ1v) is 9.63. The van der Waals surface area contributed by atoms with E-state index in [1.165, 1.54) is 24.0 Å². The van der Waals surface area contributed by atoms with Crippen LogP contribution in [0.3, 0.4) is 0 Å². The lowest BCUT2D eigenvalue weighted by molar-refractivity contribution is 0.912. The Morgan fingerprint density at radius 2 is 1.70 bits per heavy atom. The van der Waals surface area contributed by atoms with Crippen LogP contribution in [0.1, 0.15) is 17.5 Å². The van der Waals surface area contributed by atoms with Gasteiger partial charge in [-0.2, -0.15) is 4.98 Å². The van der Waals surface area contributed by atoms with Gasteiger partial charge in [0.2, 0.25) is 5.95 Å². The van der Waals surface area contributed by atoms with Gasteiger partial charge in [-0.25, -0.2) is 4.98 Å². The Morgan fingerprint density at radius 3 is 2.67 bits per heavy atom. The highest BCUT2D eigenvalue weighted by Crippen LogP contribution is 2.31. The van der Waals surface area contributed by atoms with Crippen LogP contribution < -0.4 is 27.0 Å². The zero-order valence-corrected chi connectivity index (χ0v) is 16.0. The molecule has 5 rings (SSSR count). The zero-order valence-electron chi connectivity index (χ0n) is 14.4. The Labute approximate surface area is 165 Å². The fourth-order valence-electron chi connectivity index (χ4n) is 3.43. The first kappa shape index (κ1) is 16.3. The van der Waals surface area contributed by atoms with Crippen molar-refractivity contribution in [2.45, 2.75) is 19.3 Å². The van der Waals surface area contributed by atoms with Gasteiger partial charge < -0.3 is 21.5 Å². The van der Waals surface area contributed by atoms with E-state index in [4.69, 9.17) is 0 Å². The van der Waals surface area contributed by atoms with Crippen molar-refractivity contribution in [3.63, 3.8) is 0 Å². The Balaban J connectivity index is 1.38. The summed E-state index contributed by atoms with van der Waals surface area (Å²) in [5.74, 6) is 1.26. The summed E-state index contributed by atoms with van der Waals surface area (Å²) in [5, 5.41) is 6.65. The average molecular weight is 424 g/mol. The minimum absolute atomic E-state index is 0.528. The summed E-state index contributed by atoms with van der Waals surface area (Å²) >= 11 is 3.53. The fraction of sp³-hybridized carbons (Fsp3) is 0.158. The largest absolute Gasteiger partial charge is 0.339 e. The van der Waals surface area contributed by atoms with Crippen LogP contribution in [0.15, 0.2) is 47.1 Å². The number of fused-ring (bicyclic) bond motifs is 2. The van der Waals surface area contributed by atoms with E-state index in [-0.39, 0.29) is 0 Å². The van der Waals surface area contributed by atoms with Crippen molar-refractivity contribution < 1.29 is 0 Å². The highest BCUT2D eigenvalue weighted by Gasteiger charge is 2.13. The molecule has 1 aliphatic heterocycles. The summed E-state index contributed by atoms with van der Waals surface area (Å²) < 4.78 is 0.817. The van der Waals surface area contributed by atoms with E-state index in [0.717, 1.165) is 39.5 Å². The summed E-state index contributed by atoms with van der Waals surface area (Å²) in [6, 6.07) is 12.5. The zero-order chi connectivity index (χ0) is 18.2. The molecule has 2 aliphatic rings. The molecule has 0 unspecified atom stereocenters. The lowest BCUT2D eigenvalue weighted by Gasteiger charge is -2.12. The number of hydrazine groups is 2. The standard InChI is InChI=1S/C19H18BrN7/c20-15-10-21-19(23-14-6-7-16-17(9-14)26-27-25-16)24-18(15)22-13-5-4-11-2-1-3-12(11)8-13/h4-10,25-27H,1-3H2,(H2,21,22,23,24). The van der Waals surface area contributed by atoms with Crippen molar-refractivity contribution in [1.29, 1.82) is 0 Å². The van der Waals surface area contributed by atoms with Crippen molar-refractivity contribution in [3.8, 4) is 0 Å². The van der Waals surface area contributed by atoms with Crippen molar-refractivity contribution in [2.24, 2.45) is 0 Å². The van der Waals surface area contributed by atoms with Crippen molar-refractivity contribution in [3.05, 3.63) is 58.2 Å². The van der Waals surface area contributed by atoms with Crippen molar-refractivity contribution >= 4 is 50.4 Å². The minimum atomic E-state index is 0.528. The molecule has 2 aromatic carbocycles.